The number of amides is 3. The summed E-state index contributed by atoms with van der Waals surface area (Å²) in [6.45, 7) is 3.51. The van der Waals surface area contributed by atoms with E-state index in [0.717, 1.165) is 5.52 Å². The minimum atomic E-state index is -0.180. The van der Waals surface area contributed by atoms with Crippen LogP contribution in [0.1, 0.15) is 29.1 Å². The number of hydrazone groups is 1. The van der Waals surface area contributed by atoms with Gasteiger partial charge in [0.1, 0.15) is 11.2 Å². The van der Waals surface area contributed by atoms with Crippen LogP contribution in [0.25, 0.3) is 11.1 Å². The molecular formula is C18H19N5O4. The normalized spacial score (nSPS) is 17.7. The summed E-state index contributed by atoms with van der Waals surface area (Å²) in [6, 6.07) is 5.21. The smallest absolute Gasteiger partial charge is 0.270 e. The Morgan fingerprint density at radius 3 is 2.44 bits per heavy atom. The standard InChI is InChI=1S/C18H19N5O4/c1-11-19-13-3-2-12(10-15(13)27-11)17(25)22-6-8-23(9-7-22)18(26)14-4-5-16(24)21-20-14/h2-3,10H,4-9H2,1H3,(H,21,24). The zero-order chi connectivity index (χ0) is 19.0. The molecule has 3 amide bonds. The van der Waals surface area contributed by atoms with Gasteiger partial charge >= 0.3 is 0 Å². The van der Waals surface area contributed by atoms with Crippen molar-refractivity contribution in [2.75, 3.05) is 26.2 Å². The molecule has 27 heavy (non-hydrogen) atoms. The highest BCUT2D eigenvalue weighted by Crippen LogP contribution is 2.19. The van der Waals surface area contributed by atoms with E-state index >= 15 is 0 Å². The second-order valence-electron chi connectivity index (χ2n) is 6.59. The molecule has 0 radical (unpaired) electrons. The first kappa shape index (κ1) is 17.2. The van der Waals surface area contributed by atoms with Gasteiger partial charge < -0.3 is 14.2 Å². The highest BCUT2D eigenvalue weighted by Gasteiger charge is 2.28. The topological polar surface area (TPSA) is 108 Å². The Morgan fingerprint density at radius 2 is 1.78 bits per heavy atom. The predicted molar refractivity (Wildman–Crippen MR) is 96.0 cm³/mol. The summed E-state index contributed by atoms with van der Waals surface area (Å²) in [4.78, 5) is 44.0. The number of hydrogen-bond donors (Lipinski definition) is 1. The summed E-state index contributed by atoms with van der Waals surface area (Å²) in [5, 5.41) is 3.85. The second kappa shape index (κ2) is 6.82. The molecule has 9 heteroatoms. The number of aryl methyl sites for hydroxylation is 1. The number of nitrogens with zero attached hydrogens (tertiary/aromatic N) is 4. The molecular weight excluding hydrogens is 350 g/mol. The highest BCUT2D eigenvalue weighted by atomic mass is 16.3. The second-order valence-corrected chi connectivity index (χ2v) is 6.59. The number of nitrogens with one attached hydrogen (secondary N) is 1. The quantitative estimate of drug-likeness (QED) is 0.838. The fraction of sp³-hybridized carbons (Fsp3) is 0.389. The molecule has 0 spiro atoms. The van der Waals surface area contributed by atoms with Crippen LogP contribution in [0.15, 0.2) is 27.7 Å². The van der Waals surface area contributed by atoms with Crippen LogP contribution >= 0.6 is 0 Å². The van der Waals surface area contributed by atoms with Crippen LogP contribution < -0.4 is 5.43 Å². The van der Waals surface area contributed by atoms with Crippen molar-refractivity contribution >= 4 is 34.5 Å². The molecule has 1 aromatic carbocycles. The van der Waals surface area contributed by atoms with Crippen molar-refractivity contribution in [3.63, 3.8) is 0 Å². The van der Waals surface area contributed by atoms with Crippen molar-refractivity contribution in [2.24, 2.45) is 5.10 Å². The van der Waals surface area contributed by atoms with Crippen molar-refractivity contribution in [2.45, 2.75) is 19.8 Å². The molecule has 1 fully saturated rings. The van der Waals surface area contributed by atoms with Gasteiger partial charge in [0, 0.05) is 51.5 Å². The highest BCUT2D eigenvalue weighted by molar-refractivity contribution is 6.39. The Morgan fingerprint density at radius 1 is 1.07 bits per heavy atom. The number of benzene rings is 1. The monoisotopic (exact) mass is 369 g/mol. The summed E-state index contributed by atoms with van der Waals surface area (Å²) in [7, 11) is 0. The van der Waals surface area contributed by atoms with Crippen LogP contribution in [0.4, 0.5) is 0 Å². The number of piperazine rings is 1. The first-order chi connectivity index (χ1) is 13.0. The third kappa shape index (κ3) is 3.40. The van der Waals surface area contributed by atoms with Gasteiger partial charge in [0.05, 0.1) is 0 Å². The SMILES string of the molecule is Cc1nc2ccc(C(=O)N3CCN(C(=O)C4=NNC(=O)CC4)CC3)cc2o1. The summed E-state index contributed by atoms with van der Waals surface area (Å²) in [6.07, 6.45) is 0.618. The van der Waals surface area contributed by atoms with Crippen LogP contribution in [-0.2, 0) is 9.59 Å². The molecule has 3 heterocycles. The minimum absolute atomic E-state index is 0.0969. The van der Waals surface area contributed by atoms with Crippen LogP contribution in [0.2, 0.25) is 0 Å². The summed E-state index contributed by atoms with van der Waals surface area (Å²) in [5.74, 6) is 0.102. The molecule has 9 nitrogen and oxygen atoms in total. The third-order valence-corrected chi connectivity index (χ3v) is 4.75. The largest absolute Gasteiger partial charge is 0.441 e. The van der Waals surface area contributed by atoms with Crippen molar-refractivity contribution in [3.8, 4) is 0 Å². The van der Waals surface area contributed by atoms with Crippen molar-refractivity contribution in [3.05, 3.63) is 29.7 Å². The molecule has 140 valence electrons. The Bertz CT molecular complexity index is 956. The molecule has 2 aliphatic heterocycles. The number of aromatic nitrogens is 1. The van der Waals surface area contributed by atoms with Crippen molar-refractivity contribution < 1.29 is 18.8 Å². The van der Waals surface area contributed by atoms with E-state index in [-0.39, 0.29) is 24.1 Å². The lowest BCUT2D eigenvalue weighted by Gasteiger charge is -2.35. The zero-order valence-electron chi connectivity index (χ0n) is 14.9. The van der Waals surface area contributed by atoms with Gasteiger partial charge in [-0.2, -0.15) is 5.10 Å². The third-order valence-electron chi connectivity index (χ3n) is 4.75. The lowest BCUT2D eigenvalue weighted by atomic mass is 10.1. The van der Waals surface area contributed by atoms with E-state index in [4.69, 9.17) is 4.42 Å². The summed E-state index contributed by atoms with van der Waals surface area (Å²) >= 11 is 0. The maximum atomic E-state index is 12.8. The molecule has 0 bridgehead atoms. The van der Waals surface area contributed by atoms with Crippen molar-refractivity contribution in [1.29, 1.82) is 0 Å². The molecule has 4 rings (SSSR count). The van der Waals surface area contributed by atoms with E-state index in [1.54, 1.807) is 34.9 Å². The fourth-order valence-electron chi connectivity index (χ4n) is 3.28. The molecule has 2 aromatic rings. The van der Waals surface area contributed by atoms with Crippen LogP contribution in [0, 0.1) is 6.92 Å². The van der Waals surface area contributed by atoms with E-state index in [9.17, 15) is 14.4 Å². The fourth-order valence-corrected chi connectivity index (χ4v) is 3.28. The summed E-state index contributed by atoms with van der Waals surface area (Å²) < 4.78 is 5.49. The number of rotatable bonds is 2. The van der Waals surface area contributed by atoms with Crippen LogP contribution in [0.3, 0.4) is 0 Å². The van der Waals surface area contributed by atoms with E-state index < -0.39 is 0 Å². The van der Waals surface area contributed by atoms with Crippen molar-refractivity contribution in [1.82, 2.24) is 20.2 Å². The lowest BCUT2D eigenvalue weighted by molar-refractivity contribution is -0.126. The summed E-state index contributed by atoms with van der Waals surface area (Å²) in [5.41, 5.74) is 4.55. The molecule has 0 aliphatic carbocycles. The number of carbonyl (C=O) groups is 3. The van der Waals surface area contributed by atoms with E-state index in [2.05, 4.69) is 15.5 Å². The van der Waals surface area contributed by atoms with Gasteiger partial charge in [-0.1, -0.05) is 0 Å². The average molecular weight is 369 g/mol. The number of oxazole rings is 1. The van der Waals surface area contributed by atoms with Gasteiger partial charge in [-0.05, 0) is 18.2 Å². The molecule has 0 unspecified atom stereocenters. The molecule has 1 aromatic heterocycles. The van der Waals surface area contributed by atoms with Crippen LogP contribution in [0.5, 0.6) is 0 Å². The first-order valence-corrected chi connectivity index (χ1v) is 8.82. The predicted octanol–water partition coefficient (Wildman–Crippen LogP) is 0.687. The maximum Gasteiger partial charge on any atom is 0.270 e. The Kier molecular flexibility index (Phi) is 4.35. The van der Waals surface area contributed by atoms with E-state index in [0.29, 0.717) is 55.3 Å². The molecule has 1 saturated heterocycles. The first-order valence-electron chi connectivity index (χ1n) is 8.82. The van der Waals surface area contributed by atoms with Crippen LogP contribution in [-0.4, -0.2) is 64.4 Å². The number of hydrogen-bond acceptors (Lipinski definition) is 6. The molecule has 0 saturated carbocycles. The minimum Gasteiger partial charge on any atom is -0.441 e. The van der Waals surface area contributed by atoms with Gasteiger partial charge in [0.25, 0.3) is 11.8 Å². The van der Waals surface area contributed by atoms with Gasteiger partial charge in [-0.25, -0.2) is 10.4 Å². The zero-order valence-corrected chi connectivity index (χ0v) is 14.9. The van der Waals surface area contributed by atoms with Gasteiger partial charge in [-0.15, -0.1) is 0 Å². The molecule has 2 aliphatic rings. The lowest BCUT2D eigenvalue weighted by Crippen LogP contribution is -2.52. The Hall–Kier alpha value is -3.23. The Balaban J connectivity index is 1.40. The average Bonchev–Trinajstić information content (AvgIpc) is 3.07. The van der Waals surface area contributed by atoms with Gasteiger partial charge in [0.15, 0.2) is 11.5 Å². The Labute approximate surface area is 155 Å². The van der Waals surface area contributed by atoms with Gasteiger partial charge in [0.2, 0.25) is 5.91 Å². The maximum absolute atomic E-state index is 12.8. The molecule has 0 atom stereocenters. The number of fused-ring (bicyclic) bond motifs is 1. The number of carbonyl (C=O) groups excluding carboxylic acids is 3. The molecule has 1 N–H and O–H groups in total. The van der Waals surface area contributed by atoms with E-state index in [1.807, 2.05) is 0 Å². The van der Waals surface area contributed by atoms with E-state index in [1.165, 1.54) is 0 Å². The van der Waals surface area contributed by atoms with Gasteiger partial charge in [-0.3, -0.25) is 14.4 Å².